The standard InChI is InChI=1S/C24H30BrN3O4S/c1-4-10-26-24(33)28-27-17-19-15-21(25)23(22(16-19)30-5-2)32-14-12-29-11-13-31-20-8-6-18(3)7-9-20/h4,6-9,15-17H,1,5,10-14H2,2-3H3,(H2,26,28,33)/b27-17-. The van der Waals surface area contributed by atoms with Gasteiger partial charge >= 0.3 is 0 Å². The van der Waals surface area contributed by atoms with Crippen molar-refractivity contribution < 1.29 is 18.9 Å². The number of hydrogen-bond donors (Lipinski definition) is 2. The Morgan fingerprint density at radius 3 is 2.52 bits per heavy atom. The van der Waals surface area contributed by atoms with Crippen molar-refractivity contribution in [2.45, 2.75) is 13.8 Å². The van der Waals surface area contributed by atoms with Gasteiger partial charge in [-0.2, -0.15) is 5.10 Å². The maximum absolute atomic E-state index is 5.90. The van der Waals surface area contributed by atoms with Crippen molar-refractivity contribution in [3.05, 3.63) is 64.7 Å². The molecule has 2 N–H and O–H groups in total. The van der Waals surface area contributed by atoms with Crippen LogP contribution in [0.1, 0.15) is 18.1 Å². The first-order chi connectivity index (χ1) is 16.0. The molecular formula is C24H30BrN3O4S. The zero-order chi connectivity index (χ0) is 23.9. The maximum atomic E-state index is 5.90. The van der Waals surface area contributed by atoms with Crippen molar-refractivity contribution in [3.8, 4) is 17.2 Å². The van der Waals surface area contributed by atoms with Crippen molar-refractivity contribution in [3.63, 3.8) is 0 Å². The molecule has 178 valence electrons. The van der Waals surface area contributed by atoms with Crippen LogP contribution in [0.3, 0.4) is 0 Å². The second-order valence-electron chi connectivity index (χ2n) is 6.75. The van der Waals surface area contributed by atoms with E-state index in [2.05, 4.69) is 38.4 Å². The number of nitrogens with zero attached hydrogens (tertiary/aromatic N) is 1. The second kappa shape index (κ2) is 15.3. The van der Waals surface area contributed by atoms with Crippen molar-refractivity contribution in [1.29, 1.82) is 0 Å². The highest BCUT2D eigenvalue weighted by Gasteiger charge is 2.12. The van der Waals surface area contributed by atoms with Crippen LogP contribution in [0, 0.1) is 6.92 Å². The van der Waals surface area contributed by atoms with E-state index in [1.807, 2.05) is 50.2 Å². The molecule has 2 rings (SSSR count). The molecule has 0 aliphatic rings. The van der Waals surface area contributed by atoms with E-state index >= 15 is 0 Å². The summed E-state index contributed by atoms with van der Waals surface area (Å²) in [5, 5.41) is 7.49. The van der Waals surface area contributed by atoms with Crippen LogP contribution in [0.2, 0.25) is 0 Å². The highest BCUT2D eigenvalue weighted by molar-refractivity contribution is 9.10. The minimum Gasteiger partial charge on any atom is -0.491 e. The van der Waals surface area contributed by atoms with Gasteiger partial charge in [-0.05, 0) is 71.8 Å². The number of aryl methyl sites for hydroxylation is 1. The molecule has 0 heterocycles. The molecule has 0 aliphatic heterocycles. The Morgan fingerprint density at radius 1 is 1.09 bits per heavy atom. The van der Waals surface area contributed by atoms with Crippen LogP contribution in [-0.4, -0.2) is 50.9 Å². The lowest BCUT2D eigenvalue weighted by Crippen LogP contribution is -2.31. The first kappa shape index (κ1) is 26.6. The number of ether oxygens (including phenoxy) is 4. The van der Waals surface area contributed by atoms with Crippen LogP contribution in [0.4, 0.5) is 0 Å². The summed E-state index contributed by atoms with van der Waals surface area (Å²) >= 11 is 8.66. The Bertz CT molecular complexity index is 923. The van der Waals surface area contributed by atoms with Gasteiger partial charge in [0.1, 0.15) is 19.0 Å². The van der Waals surface area contributed by atoms with E-state index < -0.39 is 0 Å². The van der Waals surface area contributed by atoms with Gasteiger partial charge in [0, 0.05) is 6.54 Å². The van der Waals surface area contributed by atoms with Crippen LogP contribution >= 0.6 is 28.1 Å². The Morgan fingerprint density at radius 2 is 1.82 bits per heavy atom. The first-order valence-corrected chi connectivity index (χ1v) is 11.8. The normalized spacial score (nSPS) is 10.6. The lowest BCUT2D eigenvalue weighted by molar-refractivity contribution is 0.0753. The molecule has 7 nitrogen and oxygen atoms in total. The summed E-state index contributed by atoms with van der Waals surface area (Å²) in [6.07, 6.45) is 3.36. The fourth-order valence-corrected chi connectivity index (χ4v) is 3.30. The number of benzene rings is 2. The van der Waals surface area contributed by atoms with E-state index in [9.17, 15) is 0 Å². The minimum absolute atomic E-state index is 0.376. The second-order valence-corrected chi connectivity index (χ2v) is 8.02. The topological polar surface area (TPSA) is 73.3 Å². The molecule has 0 atom stereocenters. The number of rotatable bonds is 14. The third kappa shape index (κ3) is 10.2. The molecule has 0 spiro atoms. The lowest BCUT2D eigenvalue weighted by atomic mass is 10.2. The average Bonchev–Trinajstić information content (AvgIpc) is 2.80. The van der Waals surface area contributed by atoms with E-state index in [4.69, 9.17) is 31.2 Å². The lowest BCUT2D eigenvalue weighted by Gasteiger charge is -2.15. The minimum atomic E-state index is 0.376. The predicted octanol–water partition coefficient (Wildman–Crippen LogP) is 4.61. The fraction of sp³-hybridized carbons (Fsp3) is 0.333. The molecule has 0 saturated heterocycles. The predicted molar refractivity (Wildman–Crippen MR) is 140 cm³/mol. The molecule has 0 bridgehead atoms. The zero-order valence-corrected chi connectivity index (χ0v) is 21.3. The summed E-state index contributed by atoms with van der Waals surface area (Å²) < 4.78 is 23.7. The summed E-state index contributed by atoms with van der Waals surface area (Å²) in [7, 11) is 0. The molecule has 0 radical (unpaired) electrons. The third-order valence-corrected chi connectivity index (χ3v) is 4.93. The van der Waals surface area contributed by atoms with Crippen molar-refractivity contribution in [1.82, 2.24) is 10.7 Å². The summed E-state index contributed by atoms with van der Waals surface area (Å²) in [4.78, 5) is 0. The number of thiocarbonyl (C=S) groups is 1. The van der Waals surface area contributed by atoms with Crippen molar-refractivity contribution >= 4 is 39.5 Å². The van der Waals surface area contributed by atoms with Gasteiger partial charge in [0.05, 0.1) is 30.5 Å². The number of nitrogens with one attached hydrogen (secondary N) is 2. The van der Waals surface area contributed by atoms with Crippen molar-refractivity contribution in [2.75, 3.05) is 39.6 Å². The van der Waals surface area contributed by atoms with Gasteiger partial charge < -0.3 is 24.3 Å². The van der Waals surface area contributed by atoms with E-state index in [-0.39, 0.29) is 0 Å². The quantitative estimate of drug-likeness (QED) is 0.120. The zero-order valence-electron chi connectivity index (χ0n) is 18.9. The van der Waals surface area contributed by atoms with Gasteiger partial charge in [-0.25, -0.2) is 0 Å². The summed E-state index contributed by atoms with van der Waals surface area (Å²) in [6.45, 7) is 10.4. The smallest absolute Gasteiger partial charge is 0.187 e. The number of halogens is 1. The Labute approximate surface area is 209 Å². The molecule has 0 fully saturated rings. The van der Waals surface area contributed by atoms with E-state index in [0.29, 0.717) is 56.2 Å². The molecular weight excluding hydrogens is 506 g/mol. The maximum Gasteiger partial charge on any atom is 0.187 e. The third-order valence-electron chi connectivity index (χ3n) is 4.11. The monoisotopic (exact) mass is 535 g/mol. The fourth-order valence-electron chi connectivity index (χ4n) is 2.59. The van der Waals surface area contributed by atoms with E-state index in [1.165, 1.54) is 5.56 Å². The van der Waals surface area contributed by atoms with E-state index in [1.54, 1.807) is 12.3 Å². The summed E-state index contributed by atoms with van der Waals surface area (Å²) in [6, 6.07) is 11.7. The Balaban J connectivity index is 1.80. The largest absolute Gasteiger partial charge is 0.491 e. The van der Waals surface area contributed by atoms with Crippen molar-refractivity contribution in [2.24, 2.45) is 5.10 Å². The average molecular weight is 536 g/mol. The Hall–Kier alpha value is -2.62. The van der Waals surface area contributed by atoms with Crippen LogP contribution in [0.15, 0.2) is 58.6 Å². The highest BCUT2D eigenvalue weighted by Crippen LogP contribution is 2.36. The molecule has 9 heteroatoms. The first-order valence-electron chi connectivity index (χ1n) is 10.6. The van der Waals surface area contributed by atoms with Gasteiger partial charge in [0.15, 0.2) is 16.6 Å². The van der Waals surface area contributed by atoms with Gasteiger partial charge in [-0.15, -0.1) is 6.58 Å². The SMILES string of the molecule is C=CCNC(=S)N/N=C\c1cc(Br)c(OCCOCCOc2ccc(C)cc2)c(OCC)c1. The van der Waals surface area contributed by atoms with Gasteiger partial charge in [-0.3, -0.25) is 5.43 Å². The highest BCUT2D eigenvalue weighted by atomic mass is 79.9. The molecule has 2 aromatic rings. The van der Waals surface area contributed by atoms with Crippen LogP contribution in [0.25, 0.3) is 0 Å². The molecule has 0 saturated carbocycles. The molecule has 33 heavy (non-hydrogen) atoms. The van der Waals surface area contributed by atoms with Gasteiger partial charge in [0.25, 0.3) is 0 Å². The summed E-state index contributed by atoms with van der Waals surface area (Å²) in [5.74, 6) is 2.06. The summed E-state index contributed by atoms with van der Waals surface area (Å²) in [5.41, 5.74) is 4.77. The molecule has 0 amide bonds. The van der Waals surface area contributed by atoms with Crippen LogP contribution in [0.5, 0.6) is 17.2 Å². The van der Waals surface area contributed by atoms with Gasteiger partial charge in [0.2, 0.25) is 0 Å². The van der Waals surface area contributed by atoms with Crippen LogP contribution < -0.4 is 25.0 Å². The van der Waals surface area contributed by atoms with E-state index in [0.717, 1.165) is 15.8 Å². The van der Waals surface area contributed by atoms with Crippen LogP contribution in [-0.2, 0) is 4.74 Å². The molecule has 2 aromatic carbocycles. The molecule has 0 aliphatic carbocycles. The van der Waals surface area contributed by atoms with Gasteiger partial charge in [-0.1, -0.05) is 23.8 Å². The molecule has 0 unspecified atom stereocenters. The molecule has 0 aromatic heterocycles. The number of hydrogen-bond acceptors (Lipinski definition) is 6. The number of hydrazone groups is 1. The Kier molecular flexibility index (Phi) is 12.3.